The number of likely N-dealkylation sites (tertiary alicyclic amines) is 1. The number of amides is 1. The molecule has 2 aromatic heterocycles. The minimum atomic E-state index is -0.0510. The molecule has 0 aliphatic carbocycles. The van der Waals surface area contributed by atoms with E-state index < -0.39 is 0 Å². The van der Waals surface area contributed by atoms with Gasteiger partial charge in [0.05, 0.1) is 6.20 Å². The number of fused-ring (bicyclic) bond motifs is 1. The van der Waals surface area contributed by atoms with Crippen molar-refractivity contribution in [2.24, 2.45) is 5.92 Å². The summed E-state index contributed by atoms with van der Waals surface area (Å²) in [6, 6.07) is 0. The van der Waals surface area contributed by atoms with Crippen molar-refractivity contribution >= 4 is 11.6 Å². The van der Waals surface area contributed by atoms with E-state index >= 15 is 0 Å². The van der Waals surface area contributed by atoms with E-state index in [4.69, 9.17) is 0 Å². The lowest BCUT2D eigenvalue weighted by Gasteiger charge is -2.17. The zero-order chi connectivity index (χ0) is 17.1. The number of aromatic nitrogens is 3. The summed E-state index contributed by atoms with van der Waals surface area (Å²) in [7, 11) is 0. The van der Waals surface area contributed by atoms with Crippen molar-refractivity contribution in [3.63, 3.8) is 0 Å². The van der Waals surface area contributed by atoms with E-state index in [1.807, 2.05) is 12.4 Å². The summed E-state index contributed by atoms with van der Waals surface area (Å²) in [4.78, 5) is 21.2. The van der Waals surface area contributed by atoms with Crippen LogP contribution >= 0.6 is 0 Å². The van der Waals surface area contributed by atoms with E-state index in [1.165, 1.54) is 0 Å². The molecule has 0 spiro atoms. The summed E-state index contributed by atoms with van der Waals surface area (Å²) in [5.74, 6) is 0.134. The highest BCUT2D eigenvalue weighted by Crippen LogP contribution is 2.20. The normalized spacial score (nSPS) is 18.0. The zero-order valence-electron chi connectivity index (χ0n) is 14.4. The molecule has 1 N–H and O–H groups in total. The van der Waals surface area contributed by atoms with E-state index in [2.05, 4.69) is 28.8 Å². The Kier molecular flexibility index (Phi) is 5.11. The SMILES string of the molecule is CCN(CC)Cc1cnc2c(C(=O)N3CC[C@@H](CO)C3)cnn2c1. The lowest BCUT2D eigenvalue weighted by molar-refractivity contribution is 0.0783. The summed E-state index contributed by atoms with van der Waals surface area (Å²) in [6.45, 7) is 8.48. The first kappa shape index (κ1) is 16.9. The van der Waals surface area contributed by atoms with Gasteiger partial charge in [-0.05, 0) is 19.5 Å². The summed E-state index contributed by atoms with van der Waals surface area (Å²) >= 11 is 0. The number of nitrogens with zero attached hydrogens (tertiary/aromatic N) is 5. The third-order valence-electron chi connectivity index (χ3n) is 4.77. The Morgan fingerprint density at radius 1 is 1.38 bits per heavy atom. The van der Waals surface area contributed by atoms with Crippen molar-refractivity contribution in [2.45, 2.75) is 26.8 Å². The van der Waals surface area contributed by atoms with Crippen LogP contribution in [0.1, 0.15) is 36.2 Å². The van der Waals surface area contributed by atoms with Gasteiger partial charge in [-0.25, -0.2) is 9.50 Å². The van der Waals surface area contributed by atoms with Crippen LogP contribution in [-0.2, 0) is 6.54 Å². The number of rotatable bonds is 6. The second-order valence-corrected chi connectivity index (χ2v) is 6.34. The Balaban J connectivity index is 1.79. The predicted molar refractivity (Wildman–Crippen MR) is 90.7 cm³/mol. The summed E-state index contributed by atoms with van der Waals surface area (Å²) in [5.41, 5.74) is 2.20. The van der Waals surface area contributed by atoms with E-state index in [0.717, 1.165) is 31.6 Å². The number of carbonyl (C=O) groups excluding carboxylic acids is 1. The van der Waals surface area contributed by atoms with Crippen molar-refractivity contribution in [2.75, 3.05) is 32.8 Å². The molecular weight excluding hydrogens is 306 g/mol. The molecule has 3 heterocycles. The van der Waals surface area contributed by atoms with E-state index in [9.17, 15) is 9.90 Å². The topological polar surface area (TPSA) is 74.0 Å². The van der Waals surface area contributed by atoms with Gasteiger partial charge in [0.2, 0.25) is 0 Å². The fraction of sp³-hybridized carbons (Fsp3) is 0.588. The average molecular weight is 331 g/mol. The largest absolute Gasteiger partial charge is 0.396 e. The number of hydrogen-bond acceptors (Lipinski definition) is 5. The van der Waals surface area contributed by atoms with Crippen molar-refractivity contribution < 1.29 is 9.90 Å². The average Bonchev–Trinajstić information content (AvgIpc) is 3.25. The van der Waals surface area contributed by atoms with Crippen LogP contribution in [0.2, 0.25) is 0 Å². The molecule has 1 aliphatic rings. The molecule has 0 aromatic carbocycles. The highest BCUT2D eigenvalue weighted by Gasteiger charge is 2.28. The number of aliphatic hydroxyl groups excluding tert-OH is 1. The first-order valence-corrected chi connectivity index (χ1v) is 8.61. The third kappa shape index (κ3) is 3.27. The van der Waals surface area contributed by atoms with Crippen LogP contribution in [0.15, 0.2) is 18.6 Å². The Bertz CT molecular complexity index is 710. The van der Waals surface area contributed by atoms with Crippen molar-refractivity contribution in [1.82, 2.24) is 24.4 Å². The second-order valence-electron chi connectivity index (χ2n) is 6.34. The van der Waals surface area contributed by atoms with Crippen LogP contribution in [0.4, 0.5) is 0 Å². The van der Waals surface area contributed by atoms with Gasteiger partial charge in [-0.1, -0.05) is 13.8 Å². The quantitative estimate of drug-likeness (QED) is 0.856. The zero-order valence-corrected chi connectivity index (χ0v) is 14.4. The van der Waals surface area contributed by atoms with Crippen LogP contribution in [0, 0.1) is 5.92 Å². The van der Waals surface area contributed by atoms with Gasteiger partial charge in [0, 0.05) is 50.1 Å². The van der Waals surface area contributed by atoms with Crippen LogP contribution in [0.25, 0.3) is 5.65 Å². The van der Waals surface area contributed by atoms with Gasteiger partial charge >= 0.3 is 0 Å². The van der Waals surface area contributed by atoms with Crippen LogP contribution in [0.5, 0.6) is 0 Å². The van der Waals surface area contributed by atoms with Crippen LogP contribution in [-0.4, -0.2) is 68.2 Å². The molecule has 2 aromatic rings. The molecule has 0 bridgehead atoms. The minimum absolute atomic E-state index is 0.0510. The molecule has 0 radical (unpaired) electrons. The van der Waals surface area contributed by atoms with E-state index in [1.54, 1.807) is 15.6 Å². The maximum atomic E-state index is 12.7. The Labute approximate surface area is 141 Å². The smallest absolute Gasteiger partial charge is 0.259 e. The van der Waals surface area contributed by atoms with Crippen molar-refractivity contribution in [3.8, 4) is 0 Å². The molecule has 130 valence electrons. The minimum Gasteiger partial charge on any atom is -0.396 e. The van der Waals surface area contributed by atoms with Gasteiger partial charge in [0.15, 0.2) is 5.65 Å². The highest BCUT2D eigenvalue weighted by atomic mass is 16.3. The van der Waals surface area contributed by atoms with Gasteiger partial charge in [0.1, 0.15) is 5.56 Å². The van der Waals surface area contributed by atoms with E-state index in [-0.39, 0.29) is 18.4 Å². The molecule has 1 saturated heterocycles. The Morgan fingerprint density at radius 3 is 2.83 bits per heavy atom. The molecular formula is C17H25N5O2. The molecule has 7 heteroatoms. The van der Waals surface area contributed by atoms with Gasteiger partial charge < -0.3 is 10.0 Å². The monoisotopic (exact) mass is 331 g/mol. The molecule has 24 heavy (non-hydrogen) atoms. The molecule has 0 saturated carbocycles. The maximum Gasteiger partial charge on any atom is 0.259 e. The van der Waals surface area contributed by atoms with Crippen molar-refractivity contribution in [3.05, 3.63) is 29.7 Å². The highest BCUT2D eigenvalue weighted by molar-refractivity contribution is 5.99. The Hall–Kier alpha value is -1.99. The van der Waals surface area contributed by atoms with Gasteiger partial charge in [-0.2, -0.15) is 5.10 Å². The standard InChI is InChI=1S/C17H25N5O2/c1-3-20(4-2)9-14-7-18-16-15(8-19-22(16)11-14)17(24)21-6-5-13(10-21)12-23/h7-8,11,13,23H,3-6,9-10,12H2,1-2H3/t13-/m1/s1. The summed E-state index contributed by atoms with van der Waals surface area (Å²) in [6.07, 6.45) is 6.21. The lowest BCUT2D eigenvalue weighted by atomic mass is 10.1. The fourth-order valence-electron chi connectivity index (χ4n) is 3.19. The van der Waals surface area contributed by atoms with Gasteiger partial charge in [0.25, 0.3) is 5.91 Å². The predicted octanol–water partition coefficient (Wildman–Crippen LogP) is 1.03. The molecule has 0 unspecified atom stereocenters. The fourth-order valence-corrected chi connectivity index (χ4v) is 3.19. The van der Waals surface area contributed by atoms with E-state index in [0.29, 0.717) is 24.3 Å². The number of hydrogen-bond donors (Lipinski definition) is 1. The molecule has 7 nitrogen and oxygen atoms in total. The second kappa shape index (κ2) is 7.27. The molecule has 1 aliphatic heterocycles. The van der Waals surface area contributed by atoms with Crippen molar-refractivity contribution in [1.29, 1.82) is 0 Å². The Morgan fingerprint density at radius 2 is 2.17 bits per heavy atom. The maximum absolute atomic E-state index is 12.7. The summed E-state index contributed by atoms with van der Waals surface area (Å²) in [5, 5.41) is 13.5. The number of carbonyl (C=O) groups is 1. The number of aliphatic hydroxyl groups is 1. The molecule has 1 fully saturated rings. The molecule has 1 atom stereocenters. The van der Waals surface area contributed by atoms with Gasteiger partial charge in [-0.3, -0.25) is 9.69 Å². The third-order valence-corrected chi connectivity index (χ3v) is 4.77. The lowest BCUT2D eigenvalue weighted by Crippen LogP contribution is -2.29. The molecule has 1 amide bonds. The first-order chi connectivity index (χ1) is 11.7. The first-order valence-electron chi connectivity index (χ1n) is 8.61. The molecule has 3 rings (SSSR count). The van der Waals surface area contributed by atoms with Gasteiger partial charge in [-0.15, -0.1) is 0 Å². The summed E-state index contributed by atoms with van der Waals surface area (Å²) < 4.78 is 1.69. The van der Waals surface area contributed by atoms with Crippen LogP contribution < -0.4 is 0 Å². The van der Waals surface area contributed by atoms with Crippen LogP contribution in [0.3, 0.4) is 0 Å².